The Labute approximate surface area is 154 Å². The highest BCUT2D eigenvalue weighted by Crippen LogP contribution is 2.33. The molecule has 0 spiro atoms. The van der Waals surface area contributed by atoms with E-state index >= 15 is 0 Å². The van der Waals surface area contributed by atoms with Crippen molar-refractivity contribution in [3.8, 4) is 0 Å². The van der Waals surface area contributed by atoms with Crippen molar-refractivity contribution < 1.29 is 18.0 Å². The maximum absolute atomic E-state index is 13.3. The van der Waals surface area contributed by atoms with Crippen molar-refractivity contribution in [1.82, 2.24) is 15.2 Å². The fourth-order valence-electron chi connectivity index (χ4n) is 3.83. The van der Waals surface area contributed by atoms with Crippen molar-refractivity contribution in [3.63, 3.8) is 0 Å². The molecule has 2 bridgehead atoms. The molecule has 2 atom stereocenters. The summed E-state index contributed by atoms with van der Waals surface area (Å²) in [4.78, 5) is 19.4. The highest BCUT2D eigenvalue weighted by molar-refractivity contribution is 7.99. The first-order valence-corrected chi connectivity index (χ1v) is 9.46. The quantitative estimate of drug-likeness (QED) is 0.883. The zero-order chi connectivity index (χ0) is 18.3. The number of piperidine rings is 3. The lowest BCUT2D eigenvalue weighted by Crippen LogP contribution is -2.62. The molecule has 0 saturated carbocycles. The first-order valence-electron chi connectivity index (χ1n) is 8.65. The second-order valence-corrected chi connectivity index (χ2v) is 7.85. The second-order valence-electron chi connectivity index (χ2n) is 6.78. The molecule has 1 amide bonds. The van der Waals surface area contributed by atoms with Gasteiger partial charge in [-0.1, -0.05) is 11.8 Å². The van der Waals surface area contributed by atoms with Crippen LogP contribution in [-0.4, -0.2) is 41.0 Å². The van der Waals surface area contributed by atoms with Gasteiger partial charge in [-0.3, -0.25) is 9.69 Å². The van der Waals surface area contributed by atoms with Gasteiger partial charge in [0.25, 0.3) is 5.89 Å². The first kappa shape index (κ1) is 17.5. The Hall–Kier alpha value is -1.93. The predicted octanol–water partition coefficient (Wildman–Crippen LogP) is 3.32. The fraction of sp³-hybridized carbons (Fsp3) is 0.444. The van der Waals surface area contributed by atoms with Crippen molar-refractivity contribution in [2.24, 2.45) is 5.92 Å². The molecule has 3 saturated heterocycles. The number of hydrogen-bond acceptors (Lipinski definition) is 5. The van der Waals surface area contributed by atoms with Crippen LogP contribution < -0.4 is 5.32 Å². The standard InChI is InChI=1S/C18H19F2N3O2S/c1-10-16(11-4-6-23(10)7-5-11)22-17(24)18-21-9-15(25-18)26-12-2-3-13(19)14(20)8-12/h2-3,8-11,16H,4-7H2,1H3,(H,22,24)/t10-,16-/m0/s1. The van der Waals surface area contributed by atoms with E-state index in [-0.39, 0.29) is 17.8 Å². The van der Waals surface area contributed by atoms with Gasteiger partial charge in [0.15, 0.2) is 16.7 Å². The Kier molecular flexibility index (Phi) is 4.71. The highest BCUT2D eigenvalue weighted by Gasteiger charge is 2.40. The minimum atomic E-state index is -0.927. The van der Waals surface area contributed by atoms with Crippen molar-refractivity contribution in [3.05, 3.63) is 41.9 Å². The topological polar surface area (TPSA) is 58.4 Å². The van der Waals surface area contributed by atoms with Crippen LogP contribution in [0.5, 0.6) is 0 Å². The van der Waals surface area contributed by atoms with Crippen LogP contribution >= 0.6 is 11.8 Å². The molecule has 3 aliphatic heterocycles. The largest absolute Gasteiger partial charge is 0.425 e. The molecule has 5 nitrogen and oxygen atoms in total. The number of hydrogen-bond donors (Lipinski definition) is 1. The summed E-state index contributed by atoms with van der Waals surface area (Å²) in [7, 11) is 0. The molecule has 0 unspecified atom stereocenters. The third kappa shape index (κ3) is 3.35. The third-order valence-corrected chi connectivity index (χ3v) is 6.14. The molecule has 3 aliphatic rings. The minimum absolute atomic E-state index is 0.0151. The summed E-state index contributed by atoms with van der Waals surface area (Å²) in [5.41, 5.74) is 0. The minimum Gasteiger partial charge on any atom is -0.425 e. The second kappa shape index (κ2) is 7.00. The van der Waals surface area contributed by atoms with Crippen LogP contribution in [0.25, 0.3) is 0 Å². The molecule has 2 aromatic rings. The molecular formula is C18H19F2N3O2S. The average Bonchev–Trinajstić information content (AvgIpc) is 3.10. The van der Waals surface area contributed by atoms with Crippen LogP contribution in [0.1, 0.15) is 30.5 Å². The van der Waals surface area contributed by atoms with Gasteiger partial charge in [0.05, 0.1) is 6.20 Å². The summed E-state index contributed by atoms with van der Waals surface area (Å²) >= 11 is 1.08. The maximum Gasteiger partial charge on any atom is 0.307 e. The lowest BCUT2D eigenvalue weighted by atomic mass is 9.79. The van der Waals surface area contributed by atoms with Crippen molar-refractivity contribution in [1.29, 1.82) is 0 Å². The number of carbonyl (C=O) groups is 1. The van der Waals surface area contributed by atoms with E-state index in [2.05, 4.69) is 22.1 Å². The van der Waals surface area contributed by atoms with Crippen LogP contribution in [0.2, 0.25) is 0 Å². The number of amides is 1. The molecule has 1 N–H and O–H groups in total. The number of nitrogens with one attached hydrogen (secondary N) is 1. The molecule has 3 fully saturated rings. The summed E-state index contributed by atoms with van der Waals surface area (Å²) < 4.78 is 31.8. The number of fused-ring (bicyclic) bond motifs is 3. The van der Waals surface area contributed by atoms with Gasteiger partial charge in [0, 0.05) is 17.0 Å². The van der Waals surface area contributed by atoms with E-state index < -0.39 is 11.6 Å². The van der Waals surface area contributed by atoms with Crippen LogP contribution in [0.3, 0.4) is 0 Å². The smallest absolute Gasteiger partial charge is 0.307 e. The van der Waals surface area contributed by atoms with Gasteiger partial charge in [-0.2, -0.15) is 0 Å². The number of carbonyl (C=O) groups excluding carboxylic acids is 1. The van der Waals surface area contributed by atoms with Gasteiger partial charge >= 0.3 is 5.91 Å². The molecule has 1 aromatic heterocycles. The Morgan fingerprint density at radius 3 is 2.77 bits per heavy atom. The number of oxazole rings is 1. The Morgan fingerprint density at radius 1 is 1.31 bits per heavy atom. The Bertz CT molecular complexity index is 819. The van der Waals surface area contributed by atoms with Crippen LogP contribution in [0.15, 0.2) is 38.8 Å². The fourth-order valence-corrected chi connectivity index (χ4v) is 4.58. The molecule has 8 heteroatoms. The van der Waals surface area contributed by atoms with Gasteiger partial charge in [-0.25, -0.2) is 13.8 Å². The highest BCUT2D eigenvalue weighted by atomic mass is 32.2. The third-order valence-electron chi connectivity index (χ3n) is 5.26. The van der Waals surface area contributed by atoms with E-state index in [1.807, 2.05) is 0 Å². The molecule has 0 aliphatic carbocycles. The van der Waals surface area contributed by atoms with Crippen LogP contribution in [-0.2, 0) is 0 Å². The average molecular weight is 379 g/mol. The van der Waals surface area contributed by atoms with Gasteiger partial charge in [0.1, 0.15) is 0 Å². The lowest BCUT2D eigenvalue weighted by molar-refractivity contribution is 0.0209. The lowest BCUT2D eigenvalue weighted by Gasteiger charge is -2.49. The van der Waals surface area contributed by atoms with E-state index in [0.717, 1.165) is 49.8 Å². The Morgan fingerprint density at radius 2 is 2.08 bits per heavy atom. The Balaban J connectivity index is 1.42. The van der Waals surface area contributed by atoms with Crippen LogP contribution in [0, 0.1) is 17.6 Å². The molecule has 5 rings (SSSR count). The summed E-state index contributed by atoms with van der Waals surface area (Å²) in [5, 5.41) is 3.40. The number of halogens is 2. The monoisotopic (exact) mass is 379 g/mol. The number of rotatable bonds is 4. The van der Waals surface area contributed by atoms with E-state index in [1.54, 1.807) is 0 Å². The van der Waals surface area contributed by atoms with E-state index in [4.69, 9.17) is 4.42 Å². The summed E-state index contributed by atoms with van der Waals surface area (Å²) in [6.45, 7) is 4.31. The molecule has 138 valence electrons. The SMILES string of the molecule is C[C@H]1[C@H](NC(=O)c2ncc(Sc3ccc(F)c(F)c3)o2)C2CCN1CC2. The predicted molar refractivity (Wildman–Crippen MR) is 92.0 cm³/mol. The van der Waals surface area contributed by atoms with Crippen LogP contribution in [0.4, 0.5) is 8.78 Å². The van der Waals surface area contributed by atoms with Gasteiger partial charge in [-0.05, 0) is 57.0 Å². The molecular weight excluding hydrogens is 360 g/mol. The normalized spacial score (nSPS) is 27.5. The van der Waals surface area contributed by atoms with E-state index in [9.17, 15) is 13.6 Å². The summed E-state index contributed by atoms with van der Waals surface area (Å²) in [6.07, 6.45) is 3.61. The zero-order valence-corrected chi connectivity index (χ0v) is 15.1. The molecule has 0 radical (unpaired) electrons. The molecule has 4 heterocycles. The zero-order valence-electron chi connectivity index (χ0n) is 14.2. The van der Waals surface area contributed by atoms with Gasteiger partial charge < -0.3 is 9.73 Å². The van der Waals surface area contributed by atoms with E-state index in [0.29, 0.717) is 21.9 Å². The molecule has 26 heavy (non-hydrogen) atoms. The van der Waals surface area contributed by atoms with E-state index in [1.165, 1.54) is 12.3 Å². The summed E-state index contributed by atoms with van der Waals surface area (Å²) in [6, 6.07) is 3.98. The molecule has 1 aromatic carbocycles. The number of aromatic nitrogens is 1. The van der Waals surface area contributed by atoms with Crippen molar-refractivity contribution >= 4 is 17.7 Å². The van der Waals surface area contributed by atoms with Gasteiger partial charge in [-0.15, -0.1) is 0 Å². The number of benzene rings is 1. The van der Waals surface area contributed by atoms with Gasteiger partial charge in [0.2, 0.25) is 0 Å². The van der Waals surface area contributed by atoms with Crippen molar-refractivity contribution in [2.75, 3.05) is 13.1 Å². The number of nitrogens with zero attached hydrogens (tertiary/aromatic N) is 2. The first-order chi connectivity index (χ1) is 12.5. The van der Waals surface area contributed by atoms with Crippen molar-refractivity contribution in [2.45, 2.75) is 41.8 Å². The maximum atomic E-state index is 13.3. The summed E-state index contributed by atoms with van der Waals surface area (Å²) in [5.74, 6) is -1.70.